The van der Waals surface area contributed by atoms with Gasteiger partial charge in [0.05, 0.1) is 0 Å². The second kappa shape index (κ2) is 4.51. The van der Waals surface area contributed by atoms with Crippen molar-refractivity contribution in [3.05, 3.63) is 10.5 Å². The Balaban J connectivity index is 1.64. The molecule has 0 radical (unpaired) electrons. The fraction of sp³-hybridized carbons (Fsp3) is 0.727. The average molecular weight is 258 g/mol. The van der Waals surface area contributed by atoms with Gasteiger partial charge >= 0.3 is 0 Å². The number of hydrogen-bond donors (Lipinski definition) is 0. The lowest BCUT2D eigenvalue weighted by Crippen LogP contribution is -2.35. The zero-order chi connectivity index (χ0) is 11.0. The van der Waals surface area contributed by atoms with Crippen LogP contribution in [-0.2, 0) is 0 Å². The van der Waals surface area contributed by atoms with Crippen molar-refractivity contribution < 1.29 is 0 Å². The summed E-state index contributed by atoms with van der Waals surface area (Å²) in [6, 6.07) is 0.741. The van der Waals surface area contributed by atoms with Crippen LogP contribution in [0, 0.1) is 0 Å². The Morgan fingerprint density at radius 3 is 2.81 bits per heavy atom. The highest BCUT2D eigenvalue weighted by Crippen LogP contribution is 2.28. The van der Waals surface area contributed by atoms with Gasteiger partial charge in [0.1, 0.15) is 5.15 Å². The lowest BCUT2D eigenvalue weighted by atomic mass is 10.2. The van der Waals surface area contributed by atoms with Crippen molar-refractivity contribution in [3.8, 4) is 0 Å². The van der Waals surface area contributed by atoms with Crippen molar-refractivity contribution >= 4 is 28.1 Å². The van der Waals surface area contributed by atoms with Crippen LogP contribution in [0.3, 0.4) is 0 Å². The molecule has 5 heteroatoms. The highest BCUT2D eigenvalue weighted by atomic mass is 35.5. The number of nitrogens with zero attached hydrogens (tertiary/aromatic N) is 3. The van der Waals surface area contributed by atoms with Gasteiger partial charge in [0.25, 0.3) is 0 Å². The summed E-state index contributed by atoms with van der Waals surface area (Å²) < 4.78 is 0. The summed E-state index contributed by atoms with van der Waals surface area (Å²) >= 11 is 7.52. The third kappa shape index (κ3) is 2.06. The predicted octanol–water partition coefficient (Wildman–Crippen LogP) is 2.47. The van der Waals surface area contributed by atoms with E-state index in [2.05, 4.69) is 14.8 Å². The second-order valence-electron chi connectivity index (χ2n) is 4.58. The topological polar surface area (TPSA) is 19.4 Å². The minimum Gasteiger partial charge on any atom is -0.346 e. The Morgan fingerprint density at radius 2 is 2.12 bits per heavy atom. The summed E-state index contributed by atoms with van der Waals surface area (Å²) in [6.45, 7) is 4.84. The molecule has 1 atom stereocenters. The molecule has 0 amide bonds. The summed E-state index contributed by atoms with van der Waals surface area (Å²) in [7, 11) is 0. The molecule has 1 aromatic rings. The fourth-order valence-electron chi connectivity index (χ4n) is 2.71. The lowest BCUT2D eigenvalue weighted by Gasteiger charge is -2.23. The number of anilines is 1. The quantitative estimate of drug-likeness (QED) is 0.812. The van der Waals surface area contributed by atoms with Crippen LogP contribution >= 0.6 is 22.9 Å². The van der Waals surface area contributed by atoms with E-state index in [-0.39, 0.29) is 0 Å². The zero-order valence-corrected chi connectivity index (χ0v) is 10.8. The maximum Gasteiger partial charge on any atom is 0.186 e. The Bertz CT molecular complexity index is 362. The molecule has 2 fully saturated rings. The van der Waals surface area contributed by atoms with Crippen LogP contribution in [0.5, 0.6) is 0 Å². The van der Waals surface area contributed by atoms with Gasteiger partial charge < -0.3 is 4.90 Å². The molecule has 16 heavy (non-hydrogen) atoms. The van der Waals surface area contributed by atoms with Crippen molar-refractivity contribution in [2.75, 3.05) is 31.1 Å². The number of thiazole rings is 1. The van der Waals surface area contributed by atoms with Crippen LogP contribution < -0.4 is 4.90 Å². The third-order valence-electron chi connectivity index (χ3n) is 3.55. The van der Waals surface area contributed by atoms with E-state index in [9.17, 15) is 0 Å². The maximum absolute atomic E-state index is 5.86. The molecule has 2 aliphatic heterocycles. The van der Waals surface area contributed by atoms with E-state index >= 15 is 0 Å². The summed E-state index contributed by atoms with van der Waals surface area (Å²) in [5, 5.41) is 3.64. The van der Waals surface area contributed by atoms with Gasteiger partial charge in [-0.2, -0.15) is 0 Å². The SMILES string of the molecule is Clc1csc(N2CCC(N3CCCC3)C2)n1. The van der Waals surface area contributed by atoms with Gasteiger partial charge in [0, 0.05) is 24.5 Å². The molecule has 1 unspecified atom stereocenters. The molecule has 88 valence electrons. The predicted molar refractivity (Wildman–Crippen MR) is 68.5 cm³/mol. The Kier molecular flexibility index (Phi) is 3.05. The minimum absolute atomic E-state index is 0.629. The molecule has 0 spiro atoms. The number of aromatic nitrogens is 1. The number of likely N-dealkylation sites (tertiary alicyclic amines) is 1. The molecule has 0 N–H and O–H groups in total. The van der Waals surface area contributed by atoms with Gasteiger partial charge in [-0.25, -0.2) is 4.98 Å². The van der Waals surface area contributed by atoms with Crippen LogP contribution in [-0.4, -0.2) is 42.1 Å². The first-order valence-corrected chi connectivity index (χ1v) is 7.19. The van der Waals surface area contributed by atoms with Crippen LogP contribution in [0.25, 0.3) is 0 Å². The van der Waals surface area contributed by atoms with Crippen molar-refractivity contribution in [3.63, 3.8) is 0 Å². The molecule has 0 aliphatic carbocycles. The normalized spacial score (nSPS) is 26.8. The highest BCUT2D eigenvalue weighted by molar-refractivity contribution is 7.14. The second-order valence-corrected chi connectivity index (χ2v) is 5.81. The van der Waals surface area contributed by atoms with Crippen LogP contribution in [0.2, 0.25) is 5.15 Å². The molecule has 0 bridgehead atoms. The van der Waals surface area contributed by atoms with Crippen LogP contribution in [0.4, 0.5) is 5.13 Å². The van der Waals surface area contributed by atoms with Gasteiger partial charge in [0.2, 0.25) is 0 Å². The van der Waals surface area contributed by atoms with E-state index in [1.165, 1.54) is 32.4 Å². The fourth-order valence-corrected chi connectivity index (χ4v) is 3.70. The molecule has 2 saturated heterocycles. The van der Waals surface area contributed by atoms with Gasteiger partial charge in [-0.05, 0) is 32.4 Å². The zero-order valence-electron chi connectivity index (χ0n) is 9.23. The molecule has 3 nitrogen and oxygen atoms in total. The van der Waals surface area contributed by atoms with Crippen molar-refractivity contribution in [1.82, 2.24) is 9.88 Å². The van der Waals surface area contributed by atoms with E-state index in [1.807, 2.05) is 5.38 Å². The van der Waals surface area contributed by atoms with Gasteiger partial charge in [-0.3, -0.25) is 4.90 Å². The van der Waals surface area contributed by atoms with Gasteiger partial charge in [-0.1, -0.05) is 11.6 Å². The maximum atomic E-state index is 5.86. The Hall–Kier alpha value is -0.320. The van der Waals surface area contributed by atoms with Crippen molar-refractivity contribution in [1.29, 1.82) is 0 Å². The van der Waals surface area contributed by atoms with Gasteiger partial charge in [0.15, 0.2) is 5.13 Å². The van der Waals surface area contributed by atoms with E-state index in [4.69, 9.17) is 11.6 Å². The number of hydrogen-bond acceptors (Lipinski definition) is 4. The Morgan fingerprint density at radius 1 is 1.31 bits per heavy atom. The number of halogens is 1. The Labute approximate surface area is 105 Å². The highest BCUT2D eigenvalue weighted by Gasteiger charge is 2.30. The standard InChI is InChI=1S/C11H16ClN3S/c12-10-8-16-11(13-10)15-6-3-9(7-15)14-4-1-2-5-14/h8-9H,1-7H2. The molecule has 3 heterocycles. The monoisotopic (exact) mass is 257 g/mol. The molecule has 3 rings (SSSR count). The van der Waals surface area contributed by atoms with Crippen LogP contribution in [0.1, 0.15) is 19.3 Å². The van der Waals surface area contributed by atoms with Crippen molar-refractivity contribution in [2.24, 2.45) is 0 Å². The van der Waals surface area contributed by atoms with E-state index in [0.29, 0.717) is 5.15 Å². The summed E-state index contributed by atoms with van der Waals surface area (Å²) in [4.78, 5) is 9.35. The number of rotatable bonds is 2. The molecular weight excluding hydrogens is 242 g/mol. The largest absolute Gasteiger partial charge is 0.346 e. The first-order chi connectivity index (χ1) is 7.83. The smallest absolute Gasteiger partial charge is 0.186 e. The molecule has 1 aromatic heterocycles. The molecule has 0 aromatic carbocycles. The first-order valence-electron chi connectivity index (χ1n) is 5.93. The first kappa shape index (κ1) is 10.8. The summed E-state index contributed by atoms with van der Waals surface area (Å²) in [5.74, 6) is 0. The minimum atomic E-state index is 0.629. The summed E-state index contributed by atoms with van der Waals surface area (Å²) in [6.07, 6.45) is 4.02. The average Bonchev–Trinajstić information content (AvgIpc) is 2.97. The molecule has 2 aliphatic rings. The van der Waals surface area contributed by atoms with E-state index in [0.717, 1.165) is 24.3 Å². The summed E-state index contributed by atoms with van der Waals surface area (Å²) in [5.41, 5.74) is 0. The van der Waals surface area contributed by atoms with Crippen LogP contribution in [0.15, 0.2) is 5.38 Å². The molecule has 0 saturated carbocycles. The van der Waals surface area contributed by atoms with Gasteiger partial charge in [-0.15, -0.1) is 11.3 Å². The lowest BCUT2D eigenvalue weighted by molar-refractivity contribution is 0.260. The van der Waals surface area contributed by atoms with Crippen molar-refractivity contribution in [2.45, 2.75) is 25.3 Å². The van der Waals surface area contributed by atoms with E-state index < -0.39 is 0 Å². The third-order valence-corrected chi connectivity index (χ3v) is 4.78. The molecular formula is C11H16ClN3S. The van der Waals surface area contributed by atoms with E-state index in [1.54, 1.807) is 11.3 Å².